The third kappa shape index (κ3) is 3.15. The fourth-order valence-electron chi connectivity index (χ4n) is 6.71. The summed E-state index contributed by atoms with van der Waals surface area (Å²) >= 11 is 0. The molecule has 0 radical (unpaired) electrons. The summed E-state index contributed by atoms with van der Waals surface area (Å²) in [6.07, 6.45) is 0. The summed E-state index contributed by atoms with van der Waals surface area (Å²) in [5, 5.41) is 8.92. The minimum absolute atomic E-state index is 0.0594. The number of nitrogens with zero attached hydrogens (tertiary/aromatic N) is 1. The lowest BCUT2D eigenvalue weighted by Crippen LogP contribution is -2.15. The van der Waals surface area contributed by atoms with E-state index in [9.17, 15) is 0 Å². The molecule has 1 aliphatic rings. The van der Waals surface area contributed by atoms with Gasteiger partial charge < -0.3 is 9.88 Å². The summed E-state index contributed by atoms with van der Waals surface area (Å²) in [4.78, 5) is 0. The highest BCUT2D eigenvalue weighted by Gasteiger charge is 2.36. The van der Waals surface area contributed by atoms with Gasteiger partial charge in [0.1, 0.15) is 0 Å². The van der Waals surface area contributed by atoms with Crippen molar-refractivity contribution in [3.63, 3.8) is 0 Å². The zero-order valence-electron chi connectivity index (χ0n) is 22.1. The second kappa shape index (κ2) is 8.09. The molecular formula is C37H28N2. The van der Waals surface area contributed by atoms with Gasteiger partial charge >= 0.3 is 0 Å². The topological polar surface area (TPSA) is 17.0 Å². The Kier molecular flexibility index (Phi) is 4.60. The van der Waals surface area contributed by atoms with E-state index in [0.29, 0.717) is 0 Å². The van der Waals surface area contributed by atoms with Gasteiger partial charge in [0.05, 0.1) is 11.0 Å². The van der Waals surface area contributed by atoms with Crippen LogP contribution in [0.1, 0.15) is 25.0 Å². The minimum Gasteiger partial charge on any atom is -0.355 e. The van der Waals surface area contributed by atoms with Gasteiger partial charge in [0, 0.05) is 38.6 Å². The van der Waals surface area contributed by atoms with Crippen molar-refractivity contribution in [3.8, 4) is 16.8 Å². The summed E-state index contributed by atoms with van der Waals surface area (Å²) in [5.41, 5.74) is 11.3. The molecule has 0 amide bonds. The molecule has 186 valence electrons. The molecule has 1 aromatic heterocycles. The van der Waals surface area contributed by atoms with Crippen LogP contribution < -0.4 is 5.32 Å². The number of hydrogen-bond acceptors (Lipinski definition) is 1. The largest absolute Gasteiger partial charge is 0.355 e. The lowest BCUT2D eigenvalue weighted by Gasteiger charge is -2.23. The van der Waals surface area contributed by atoms with Crippen LogP contribution in [-0.2, 0) is 5.41 Å². The fraction of sp³-hybridized carbons (Fsp3) is 0.0811. The van der Waals surface area contributed by atoms with E-state index in [2.05, 4.69) is 151 Å². The van der Waals surface area contributed by atoms with E-state index in [1.54, 1.807) is 0 Å². The molecule has 0 saturated heterocycles. The molecule has 8 rings (SSSR count). The fourth-order valence-corrected chi connectivity index (χ4v) is 6.71. The molecule has 0 aliphatic heterocycles. The molecule has 39 heavy (non-hydrogen) atoms. The van der Waals surface area contributed by atoms with Gasteiger partial charge in [0.25, 0.3) is 0 Å². The number of para-hydroxylation sites is 2. The van der Waals surface area contributed by atoms with E-state index in [4.69, 9.17) is 0 Å². The quantitative estimate of drug-likeness (QED) is 0.255. The van der Waals surface area contributed by atoms with Crippen LogP contribution in [0.3, 0.4) is 0 Å². The van der Waals surface area contributed by atoms with Crippen LogP contribution >= 0.6 is 0 Å². The summed E-state index contributed by atoms with van der Waals surface area (Å²) in [6, 6.07) is 46.2. The first-order chi connectivity index (χ1) is 19.1. The lowest BCUT2D eigenvalue weighted by atomic mass is 9.81. The first-order valence-electron chi connectivity index (χ1n) is 13.6. The van der Waals surface area contributed by atoms with Crippen LogP contribution in [0.15, 0.2) is 127 Å². The molecule has 2 nitrogen and oxygen atoms in total. The predicted octanol–water partition coefficient (Wildman–Crippen LogP) is 9.99. The Balaban J connectivity index is 1.34. The summed E-state index contributed by atoms with van der Waals surface area (Å²) < 4.78 is 2.37. The molecule has 0 atom stereocenters. The minimum atomic E-state index is -0.0594. The Bertz CT molecular complexity index is 2060. The summed E-state index contributed by atoms with van der Waals surface area (Å²) in [6.45, 7) is 4.70. The van der Waals surface area contributed by atoms with E-state index < -0.39 is 0 Å². The van der Waals surface area contributed by atoms with Gasteiger partial charge in [-0.25, -0.2) is 0 Å². The zero-order chi connectivity index (χ0) is 26.1. The van der Waals surface area contributed by atoms with Crippen molar-refractivity contribution in [1.82, 2.24) is 4.57 Å². The van der Waals surface area contributed by atoms with Gasteiger partial charge in [-0.1, -0.05) is 105 Å². The van der Waals surface area contributed by atoms with Gasteiger partial charge in [0.2, 0.25) is 0 Å². The number of hydrogen-bond donors (Lipinski definition) is 1. The molecule has 2 heteroatoms. The third-order valence-electron chi connectivity index (χ3n) is 8.55. The molecule has 1 N–H and O–H groups in total. The normalized spacial score (nSPS) is 13.6. The predicted molar refractivity (Wildman–Crippen MR) is 166 cm³/mol. The van der Waals surface area contributed by atoms with E-state index in [-0.39, 0.29) is 5.41 Å². The van der Waals surface area contributed by atoms with Crippen LogP contribution in [0.4, 0.5) is 11.4 Å². The van der Waals surface area contributed by atoms with Crippen molar-refractivity contribution in [2.24, 2.45) is 0 Å². The average Bonchev–Trinajstić information content (AvgIpc) is 3.42. The molecule has 1 aliphatic carbocycles. The molecule has 6 aromatic carbocycles. The van der Waals surface area contributed by atoms with Crippen LogP contribution in [-0.4, -0.2) is 4.57 Å². The highest BCUT2D eigenvalue weighted by Crippen LogP contribution is 2.53. The van der Waals surface area contributed by atoms with Gasteiger partial charge in [-0.05, 0) is 64.0 Å². The molecule has 0 unspecified atom stereocenters. The standard InChI is InChI=1S/C37H28N2/c1-37(2)31-18-10-8-17-30(31)36-29-16-7-6-14-26(29)33(23-32(36)37)38-24-20-21-28-27-15-9-11-19-34(27)39(35(28)22-24)25-12-4-3-5-13-25/h3-23,38H,1-2H3. The molecule has 0 saturated carbocycles. The lowest BCUT2D eigenvalue weighted by molar-refractivity contribution is 0.661. The van der Waals surface area contributed by atoms with Gasteiger partial charge in [0.15, 0.2) is 0 Å². The number of nitrogens with one attached hydrogen (secondary N) is 1. The van der Waals surface area contributed by atoms with Crippen molar-refractivity contribution >= 4 is 44.0 Å². The smallest absolute Gasteiger partial charge is 0.0561 e. The van der Waals surface area contributed by atoms with Gasteiger partial charge in [-0.3, -0.25) is 0 Å². The maximum Gasteiger partial charge on any atom is 0.0561 e. The maximum absolute atomic E-state index is 3.84. The second-order valence-electron chi connectivity index (χ2n) is 11.1. The number of rotatable bonds is 3. The Labute approximate surface area is 228 Å². The highest BCUT2D eigenvalue weighted by molar-refractivity contribution is 6.11. The summed E-state index contributed by atoms with van der Waals surface area (Å²) in [7, 11) is 0. The monoisotopic (exact) mass is 500 g/mol. The Morgan fingerprint density at radius 3 is 2.05 bits per heavy atom. The second-order valence-corrected chi connectivity index (χ2v) is 11.1. The Morgan fingerprint density at radius 2 is 1.21 bits per heavy atom. The SMILES string of the molecule is CC1(C)c2ccccc2-c2c1cc(Nc1ccc3c4ccccc4n(-c4ccccc4)c3c1)c1ccccc21. The van der Waals surface area contributed by atoms with E-state index in [0.717, 1.165) is 11.4 Å². The Morgan fingerprint density at radius 1 is 0.538 bits per heavy atom. The van der Waals surface area contributed by atoms with Crippen molar-refractivity contribution < 1.29 is 0 Å². The van der Waals surface area contributed by atoms with Crippen LogP contribution in [0.5, 0.6) is 0 Å². The van der Waals surface area contributed by atoms with Gasteiger partial charge in [-0.15, -0.1) is 0 Å². The van der Waals surface area contributed by atoms with Crippen LogP contribution in [0, 0.1) is 0 Å². The van der Waals surface area contributed by atoms with Crippen molar-refractivity contribution in [1.29, 1.82) is 0 Å². The summed E-state index contributed by atoms with van der Waals surface area (Å²) in [5.74, 6) is 0. The van der Waals surface area contributed by atoms with Crippen molar-refractivity contribution in [2.75, 3.05) is 5.32 Å². The number of benzene rings is 6. The Hall–Kier alpha value is -4.82. The molecule has 0 spiro atoms. The maximum atomic E-state index is 3.84. The first kappa shape index (κ1) is 22.2. The average molecular weight is 501 g/mol. The van der Waals surface area contributed by atoms with Crippen molar-refractivity contribution in [3.05, 3.63) is 139 Å². The first-order valence-corrected chi connectivity index (χ1v) is 13.6. The molecule has 0 bridgehead atoms. The van der Waals surface area contributed by atoms with Gasteiger partial charge in [-0.2, -0.15) is 0 Å². The van der Waals surface area contributed by atoms with Crippen molar-refractivity contribution in [2.45, 2.75) is 19.3 Å². The molecular weight excluding hydrogens is 472 g/mol. The zero-order valence-corrected chi connectivity index (χ0v) is 22.1. The highest BCUT2D eigenvalue weighted by atomic mass is 15.0. The number of fused-ring (bicyclic) bond motifs is 8. The number of aromatic nitrogens is 1. The molecule has 7 aromatic rings. The molecule has 1 heterocycles. The van der Waals surface area contributed by atoms with E-state index in [1.165, 1.54) is 60.5 Å². The van der Waals surface area contributed by atoms with E-state index in [1.807, 2.05) is 0 Å². The third-order valence-corrected chi connectivity index (χ3v) is 8.55. The molecule has 0 fully saturated rings. The van der Waals surface area contributed by atoms with Crippen LogP contribution in [0.2, 0.25) is 0 Å². The van der Waals surface area contributed by atoms with E-state index >= 15 is 0 Å². The van der Waals surface area contributed by atoms with Crippen LogP contribution in [0.25, 0.3) is 49.4 Å². The number of anilines is 2.